The van der Waals surface area contributed by atoms with E-state index in [1.807, 2.05) is 0 Å². The molecule has 1 aliphatic heterocycles. The van der Waals surface area contributed by atoms with Crippen LogP contribution >= 0.6 is 0 Å². The summed E-state index contributed by atoms with van der Waals surface area (Å²) in [4.78, 5) is 23.5. The molecule has 1 saturated heterocycles. The summed E-state index contributed by atoms with van der Waals surface area (Å²) < 4.78 is 0. The first kappa shape index (κ1) is 9.98. The molecule has 0 aromatic carbocycles. The molecule has 74 valence electrons. The predicted octanol–water partition coefficient (Wildman–Crippen LogP) is -1.16. The number of aliphatic hydroxyl groups is 1. The summed E-state index contributed by atoms with van der Waals surface area (Å²) in [5, 5.41) is 9.18. The third-order valence-electron chi connectivity index (χ3n) is 2.23. The molecule has 0 aromatic heterocycles. The van der Waals surface area contributed by atoms with Gasteiger partial charge in [0.05, 0.1) is 12.5 Å². The number of carbonyl (C=O) groups is 2. The maximum atomic E-state index is 11.2. The van der Waals surface area contributed by atoms with Crippen LogP contribution in [-0.2, 0) is 9.59 Å². The molecule has 3 N–H and O–H groups in total. The topological polar surface area (TPSA) is 83.6 Å². The fourth-order valence-corrected chi connectivity index (χ4v) is 1.59. The molecule has 2 amide bonds. The van der Waals surface area contributed by atoms with Crippen molar-refractivity contribution in [3.8, 4) is 0 Å². The van der Waals surface area contributed by atoms with Crippen LogP contribution in [0.3, 0.4) is 0 Å². The zero-order chi connectivity index (χ0) is 10.0. The summed E-state index contributed by atoms with van der Waals surface area (Å²) in [6.45, 7) is 2.01. The molecule has 0 radical (unpaired) electrons. The van der Waals surface area contributed by atoms with Crippen LogP contribution in [0.25, 0.3) is 0 Å². The molecule has 5 nitrogen and oxygen atoms in total. The van der Waals surface area contributed by atoms with Crippen LogP contribution in [0.1, 0.15) is 19.8 Å². The molecule has 0 bridgehead atoms. The van der Waals surface area contributed by atoms with Crippen LogP contribution in [0.15, 0.2) is 0 Å². The van der Waals surface area contributed by atoms with E-state index < -0.39 is 18.1 Å². The first-order valence-electron chi connectivity index (χ1n) is 4.33. The lowest BCUT2D eigenvalue weighted by Crippen LogP contribution is -2.45. The van der Waals surface area contributed by atoms with Crippen LogP contribution in [-0.4, -0.2) is 40.5 Å². The molecule has 0 aromatic rings. The number of nitrogens with zero attached hydrogens (tertiary/aromatic N) is 1. The van der Waals surface area contributed by atoms with Crippen molar-refractivity contribution < 1.29 is 14.7 Å². The first-order chi connectivity index (χ1) is 6.06. The van der Waals surface area contributed by atoms with E-state index in [0.717, 1.165) is 0 Å². The maximum absolute atomic E-state index is 11.2. The maximum Gasteiger partial charge on any atom is 0.240 e. The summed E-state index contributed by atoms with van der Waals surface area (Å²) >= 11 is 0. The monoisotopic (exact) mass is 186 g/mol. The van der Waals surface area contributed by atoms with Gasteiger partial charge in [-0.1, -0.05) is 6.92 Å². The van der Waals surface area contributed by atoms with Gasteiger partial charge in [0.1, 0.15) is 6.04 Å². The Morgan fingerprint density at radius 3 is 2.77 bits per heavy atom. The number of amides is 2. The molecule has 0 saturated carbocycles. The predicted molar refractivity (Wildman–Crippen MR) is 45.6 cm³/mol. The molecule has 0 aliphatic carbocycles. The molecule has 0 spiro atoms. The lowest BCUT2D eigenvalue weighted by atomic mass is 10.2. The highest BCUT2D eigenvalue weighted by atomic mass is 16.3. The van der Waals surface area contributed by atoms with Gasteiger partial charge in [-0.25, -0.2) is 0 Å². The fraction of sp³-hybridized carbons (Fsp3) is 0.750. The average molecular weight is 186 g/mol. The van der Waals surface area contributed by atoms with Gasteiger partial charge in [-0.3, -0.25) is 9.59 Å². The van der Waals surface area contributed by atoms with Gasteiger partial charge in [-0.15, -0.1) is 0 Å². The number of likely N-dealkylation sites (tertiary alicyclic amines) is 1. The Balaban J connectivity index is 2.69. The van der Waals surface area contributed by atoms with E-state index in [1.54, 1.807) is 6.92 Å². The number of hydrogen-bond acceptors (Lipinski definition) is 3. The van der Waals surface area contributed by atoms with Gasteiger partial charge in [0.2, 0.25) is 11.8 Å². The Hall–Kier alpha value is -1.10. The van der Waals surface area contributed by atoms with Crippen LogP contribution in [0.2, 0.25) is 0 Å². The average Bonchev–Trinajstić information content (AvgIpc) is 2.31. The SMILES string of the molecule is CC[C@@H](C(N)=O)N1C[C@H](O)CC1=O. The minimum absolute atomic E-state index is 0.101. The number of nitrogens with two attached hydrogens (primary N) is 1. The van der Waals surface area contributed by atoms with Crippen LogP contribution in [0.5, 0.6) is 0 Å². The molecule has 0 unspecified atom stereocenters. The second kappa shape index (κ2) is 3.74. The van der Waals surface area contributed by atoms with E-state index in [4.69, 9.17) is 5.73 Å². The minimum Gasteiger partial charge on any atom is -0.391 e. The van der Waals surface area contributed by atoms with Gasteiger partial charge >= 0.3 is 0 Å². The first-order valence-corrected chi connectivity index (χ1v) is 4.33. The summed E-state index contributed by atoms with van der Waals surface area (Å²) in [6, 6.07) is -0.565. The van der Waals surface area contributed by atoms with Crippen molar-refractivity contribution in [2.24, 2.45) is 5.73 Å². The smallest absolute Gasteiger partial charge is 0.240 e. The lowest BCUT2D eigenvalue weighted by molar-refractivity contribution is -0.136. The van der Waals surface area contributed by atoms with E-state index in [-0.39, 0.29) is 18.9 Å². The second-order valence-corrected chi connectivity index (χ2v) is 3.23. The highest BCUT2D eigenvalue weighted by Gasteiger charge is 2.34. The van der Waals surface area contributed by atoms with Gasteiger partial charge < -0.3 is 15.7 Å². The highest BCUT2D eigenvalue weighted by Crippen LogP contribution is 2.15. The highest BCUT2D eigenvalue weighted by molar-refractivity contribution is 5.87. The molecule has 1 rings (SSSR count). The van der Waals surface area contributed by atoms with E-state index in [9.17, 15) is 14.7 Å². The number of primary amides is 1. The van der Waals surface area contributed by atoms with E-state index in [0.29, 0.717) is 6.42 Å². The molecule has 1 aliphatic rings. The minimum atomic E-state index is -0.652. The zero-order valence-corrected chi connectivity index (χ0v) is 7.56. The lowest BCUT2D eigenvalue weighted by Gasteiger charge is -2.23. The standard InChI is InChI=1S/C8H14N2O3/c1-2-6(8(9)13)10-4-5(11)3-7(10)12/h5-6,11H,2-4H2,1H3,(H2,9,13)/t5-,6+/m1/s1. The van der Waals surface area contributed by atoms with Crippen molar-refractivity contribution in [2.75, 3.05) is 6.54 Å². The third-order valence-corrected chi connectivity index (χ3v) is 2.23. The zero-order valence-electron chi connectivity index (χ0n) is 7.56. The molecular formula is C8H14N2O3. The number of rotatable bonds is 3. The van der Waals surface area contributed by atoms with E-state index in [2.05, 4.69) is 0 Å². The Morgan fingerprint density at radius 2 is 2.46 bits per heavy atom. The number of aliphatic hydroxyl groups excluding tert-OH is 1. The van der Waals surface area contributed by atoms with Crippen molar-refractivity contribution >= 4 is 11.8 Å². The van der Waals surface area contributed by atoms with Crippen molar-refractivity contribution in [1.82, 2.24) is 4.90 Å². The Morgan fingerprint density at radius 1 is 1.85 bits per heavy atom. The molecule has 1 heterocycles. The van der Waals surface area contributed by atoms with Gasteiger partial charge in [0.15, 0.2) is 0 Å². The second-order valence-electron chi connectivity index (χ2n) is 3.23. The molecule has 5 heteroatoms. The van der Waals surface area contributed by atoms with Crippen LogP contribution in [0, 0.1) is 0 Å². The van der Waals surface area contributed by atoms with Crippen molar-refractivity contribution in [3.05, 3.63) is 0 Å². The van der Waals surface area contributed by atoms with Crippen LogP contribution < -0.4 is 5.73 Å². The number of hydrogen-bond donors (Lipinski definition) is 2. The summed E-state index contributed by atoms with van der Waals surface area (Å²) in [5.74, 6) is -0.705. The Labute approximate surface area is 76.5 Å². The molecule has 13 heavy (non-hydrogen) atoms. The normalized spacial score (nSPS) is 24.9. The molecular weight excluding hydrogens is 172 g/mol. The fourth-order valence-electron chi connectivity index (χ4n) is 1.59. The van der Waals surface area contributed by atoms with Crippen molar-refractivity contribution in [2.45, 2.75) is 31.9 Å². The summed E-state index contributed by atoms with van der Waals surface area (Å²) in [6.07, 6.45) is -0.0571. The van der Waals surface area contributed by atoms with Crippen LogP contribution in [0.4, 0.5) is 0 Å². The van der Waals surface area contributed by atoms with Gasteiger partial charge in [0.25, 0.3) is 0 Å². The number of β-amino-alcohol motifs (C(OH)–C–C–N with tert-alkyl or cyclic N) is 1. The molecule has 2 atom stereocenters. The Bertz CT molecular complexity index is 229. The number of carbonyl (C=O) groups excluding carboxylic acids is 2. The quantitative estimate of drug-likeness (QED) is 0.583. The van der Waals surface area contributed by atoms with Crippen molar-refractivity contribution in [1.29, 1.82) is 0 Å². The van der Waals surface area contributed by atoms with Gasteiger partial charge in [-0.2, -0.15) is 0 Å². The van der Waals surface area contributed by atoms with E-state index in [1.165, 1.54) is 4.90 Å². The summed E-state index contributed by atoms with van der Waals surface area (Å²) in [5.41, 5.74) is 5.12. The molecule has 1 fully saturated rings. The van der Waals surface area contributed by atoms with E-state index >= 15 is 0 Å². The van der Waals surface area contributed by atoms with Gasteiger partial charge in [0, 0.05) is 6.54 Å². The largest absolute Gasteiger partial charge is 0.391 e. The van der Waals surface area contributed by atoms with Gasteiger partial charge in [-0.05, 0) is 6.42 Å². The Kier molecular flexibility index (Phi) is 2.87. The summed E-state index contributed by atoms with van der Waals surface area (Å²) in [7, 11) is 0. The van der Waals surface area contributed by atoms with Crippen molar-refractivity contribution in [3.63, 3.8) is 0 Å². The third kappa shape index (κ3) is 1.98.